The van der Waals surface area contributed by atoms with E-state index in [2.05, 4.69) is 5.32 Å². The van der Waals surface area contributed by atoms with Crippen LogP contribution in [0, 0.1) is 16.0 Å². The van der Waals surface area contributed by atoms with Gasteiger partial charge in [0.05, 0.1) is 22.0 Å². The quantitative estimate of drug-likeness (QED) is 0.313. The minimum Gasteiger partial charge on any atom is -0.454 e. The second-order valence-corrected chi connectivity index (χ2v) is 10.2. The summed E-state index contributed by atoms with van der Waals surface area (Å²) < 4.78 is 66.7. The fourth-order valence-corrected chi connectivity index (χ4v) is 5.05. The highest BCUT2D eigenvalue weighted by atomic mass is 32.2. The highest BCUT2D eigenvalue weighted by molar-refractivity contribution is 7.91. The zero-order valence-electron chi connectivity index (χ0n) is 17.9. The molecule has 1 saturated heterocycles. The van der Waals surface area contributed by atoms with Crippen molar-refractivity contribution in [2.45, 2.75) is 32.5 Å². The van der Waals surface area contributed by atoms with E-state index in [1.165, 1.54) is 4.90 Å². The number of ether oxygens (including phenoxy) is 1. The molecule has 1 aliphatic rings. The number of nitro groups is 1. The number of alkyl halides is 3. The van der Waals surface area contributed by atoms with Gasteiger partial charge in [0, 0.05) is 18.7 Å². The number of sulfone groups is 1. The van der Waals surface area contributed by atoms with E-state index in [1.54, 1.807) is 0 Å². The fourth-order valence-electron chi connectivity index (χ4n) is 3.32. The Kier molecular flexibility index (Phi) is 8.27. The maximum Gasteiger partial charge on any atom is 0.416 e. The molecule has 14 heteroatoms. The van der Waals surface area contributed by atoms with Crippen LogP contribution in [0.3, 0.4) is 0 Å². The molecule has 1 amide bonds. The number of nitrogens with zero attached hydrogens (tertiary/aromatic N) is 2. The Hall–Kier alpha value is -2.90. The minimum atomic E-state index is -4.77. The summed E-state index contributed by atoms with van der Waals surface area (Å²) in [5.41, 5.74) is -2.42. The molecule has 1 aromatic carbocycles. The number of carbonyl (C=O) groups is 2. The van der Waals surface area contributed by atoms with Crippen molar-refractivity contribution in [3.63, 3.8) is 0 Å². The Morgan fingerprint density at radius 2 is 2.00 bits per heavy atom. The molecule has 0 spiro atoms. The molecular weight excluding hydrogens is 471 g/mol. The highest BCUT2D eigenvalue weighted by Gasteiger charge is 2.35. The summed E-state index contributed by atoms with van der Waals surface area (Å²) in [6.07, 6.45) is -4.49. The van der Waals surface area contributed by atoms with E-state index < -0.39 is 63.3 Å². The number of halogens is 3. The van der Waals surface area contributed by atoms with Crippen molar-refractivity contribution < 1.29 is 40.8 Å². The first-order valence-electron chi connectivity index (χ1n) is 9.94. The Labute approximate surface area is 188 Å². The third kappa shape index (κ3) is 7.58. The average Bonchev–Trinajstić information content (AvgIpc) is 3.06. The van der Waals surface area contributed by atoms with Gasteiger partial charge in [-0.05, 0) is 24.5 Å². The Morgan fingerprint density at radius 3 is 2.52 bits per heavy atom. The minimum absolute atomic E-state index is 0.0326. The highest BCUT2D eigenvalue weighted by Crippen LogP contribution is 2.34. The number of nitrogens with one attached hydrogen (secondary N) is 1. The fraction of sp³-hybridized carbons (Fsp3) is 0.579. The smallest absolute Gasteiger partial charge is 0.416 e. The van der Waals surface area contributed by atoms with Gasteiger partial charge < -0.3 is 15.0 Å². The summed E-state index contributed by atoms with van der Waals surface area (Å²) >= 11 is 0. The van der Waals surface area contributed by atoms with E-state index in [0.717, 1.165) is 6.07 Å². The molecule has 10 nitrogen and oxygen atoms in total. The van der Waals surface area contributed by atoms with Gasteiger partial charge in [0.2, 0.25) is 0 Å². The van der Waals surface area contributed by atoms with Crippen molar-refractivity contribution in [1.82, 2.24) is 4.90 Å². The lowest BCUT2D eigenvalue weighted by atomic mass is 10.1. The van der Waals surface area contributed by atoms with Crippen LogP contribution in [0.15, 0.2) is 18.2 Å². The first-order valence-corrected chi connectivity index (χ1v) is 11.8. The van der Waals surface area contributed by atoms with Crippen LogP contribution in [-0.2, 0) is 30.3 Å². The predicted octanol–water partition coefficient (Wildman–Crippen LogP) is 2.24. The molecule has 0 radical (unpaired) electrons. The van der Waals surface area contributed by atoms with Crippen LogP contribution in [0.25, 0.3) is 0 Å². The standard InChI is InChI=1S/C19H24F3N3O7S/c1-12(2)9-24(14-5-6-33(30,31)11-14)17(26)10-32-18(27)8-23-15-4-3-13(19(20,21)22)7-16(15)25(28)29/h3-4,7,12,14,23H,5-6,8-11H2,1-2H3/t14-/m0/s1. The second-order valence-electron chi connectivity index (χ2n) is 8.00. The molecule has 2 rings (SSSR count). The van der Waals surface area contributed by atoms with Crippen LogP contribution in [0.2, 0.25) is 0 Å². The summed E-state index contributed by atoms with van der Waals surface area (Å²) in [7, 11) is -3.24. The Balaban J connectivity index is 1.97. The lowest BCUT2D eigenvalue weighted by Crippen LogP contribution is -2.45. The van der Waals surface area contributed by atoms with Crippen molar-refractivity contribution >= 4 is 33.1 Å². The topological polar surface area (TPSA) is 136 Å². The van der Waals surface area contributed by atoms with E-state index >= 15 is 0 Å². The molecule has 1 atom stereocenters. The number of hydrogen-bond donors (Lipinski definition) is 1. The molecule has 33 heavy (non-hydrogen) atoms. The number of benzene rings is 1. The molecule has 0 unspecified atom stereocenters. The van der Waals surface area contributed by atoms with Gasteiger partial charge in [0.15, 0.2) is 16.4 Å². The van der Waals surface area contributed by atoms with Gasteiger partial charge in [-0.25, -0.2) is 8.42 Å². The number of esters is 1. The number of anilines is 1. The molecule has 1 aliphatic heterocycles. The summed E-state index contributed by atoms with van der Waals surface area (Å²) in [6, 6.07) is 1.28. The number of carbonyl (C=O) groups excluding carboxylic acids is 2. The molecule has 184 valence electrons. The van der Waals surface area contributed by atoms with Crippen LogP contribution in [0.4, 0.5) is 24.5 Å². The third-order valence-corrected chi connectivity index (χ3v) is 6.58. The van der Waals surface area contributed by atoms with Crippen LogP contribution in [-0.4, -0.2) is 67.4 Å². The van der Waals surface area contributed by atoms with Crippen LogP contribution >= 0.6 is 0 Å². The van der Waals surface area contributed by atoms with Crippen molar-refractivity contribution in [2.75, 3.05) is 36.5 Å². The molecule has 1 aromatic rings. The lowest BCUT2D eigenvalue weighted by molar-refractivity contribution is -0.384. The van der Waals surface area contributed by atoms with Gasteiger partial charge in [0.1, 0.15) is 12.2 Å². The van der Waals surface area contributed by atoms with Crippen molar-refractivity contribution in [3.05, 3.63) is 33.9 Å². The first kappa shape index (κ1) is 26.4. The summed E-state index contributed by atoms with van der Waals surface area (Å²) in [5, 5.41) is 13.4. The van der Waals surface area contributed by atoms with E-state index in [9.17, 15) is 41.3 Å². The number of hydrogen-bond acceptors (Lipinski definition) is 8. The molecule has 1 fully saturated rings. The van der Waals surface area contributed by atoms with Gasteiger partial charge >= 0.3 is 12.1 Å². The van der Waals surface area contributed by atoms with E-state index in [-0.39, 0.29) is 36.1 Å². The van der Waals surface area contributed by atoms with E-state index in [4.69, 9.17) is 4.74 Å². The Bertz CT molecular complexity index is 1010. The van der Waals surface area contributed by atoms with Gasteiger partial charge in [-0.15, -0.1) is 0 Å². The van der Waals surface area contributed by atoms with Crippen LogP contribution in [0.5, 0.6) is 0 Å². The molecule has 0 saturated carbocycles. The zero-order valence-corrected chi connectivity index (χ0v) is 18.7. The number of amides is 1. The van der Waals surface area contributed by atoms with Crippen molar-refractivity contribution in [1.29, 1.82) is 0 Å². The molecule has 0 aliphatic carbocycles. The first-order chi connectivity index (χ1) is 15.2. The van der Waals surface area contributed by atoms with E-state index in [0.29, 0.717) is 12.1 Å². The SMILES string of the molecule is CC(C)CN(C(=O)COC(=O)CNc1ccc(C(F)(F)F)cc1[N+](=O)[O-])[C@H]1CCS(=O)(=O)C1. The van der Waals surface area contributed by atoms with Gasteiger partial charge in [-0.2, -0.15) is 13.2 Å². The summed E-state index contributed by atoms with van der Waals surface area (Å²) in [5.74, 6) is -1.72. The predicted molar refractivity (Wildman–Crippen MR) is 111 cm³/mol. The van der Waals surface area contributed by atoms with Crippen LogP contribution < -0.4 is 5.32 Å². The maximum atomic E-state index is 12.8. The largest absolute Gasteiger partial charge is 0.454 e. The van der Waals surface area contributed by atoms with Crippen molar-refractivity contribution in [3.8, 4) is 0 Å². The van der Waals surface area contributed by atoms with Gasteiger partial charge in [-0.3, -0.25) is 19.7 Å². The molecule has 1 heterocycles. The van der Waals surface area contributed by atoms with Gasteiger partial charge in [0.25, 0.3) is 11.6 Å². The molecular formula is C19H24F3N3O7S. The van der Waals surface area contributed by atoms with E-state index in [1.807, 2.05) is 13.8 Å². The van der Waals surface area contributed by atoms with Crippen molar-refractivity contribution in [2.24, 2.45) is 5.92 Å². The lowest BCUT2D eigenvalue weighted by Gasteiger charge is -2.29. The Morgan fingerprint density at radius 1 is 1.33 bits per heavy atom. The summed E-state index contributed by atoms with van der Waals surface area (Å²) in [4.78, 5) is 36.0. The molecule has 0 bridgehead atoms. The average molecular weight is 495 g/mol. The summed E-state index contributed by atoms with van der Waals surface area (Å²) in [6.45, 7) is 2.65. The third-order valence-electron chi connectivity index (χ3n) is 4.83. The molecule has 1 N–H and O–H groups in total. The second kappa shape index (κ2) is 10.4. The monoisotopic (exact) mass is 495 g/mol. The zero-order chi connectivity index (χ0) is 25.0. The van der Waals surface area contributed by atoms with Gasteiger partial charge in [-0.1, -0.05) is 13.8 Å². The number of rotatable bonds is 9. The maximum absolute atomic E-state index is 12.8. The molecule has 0 aromatic heterocycles. The normalized spacial score (nSPS) is 17.6. The number of nitro benzene ring substituents is 1. The van der Waals surface area contributed by atoms with Crippen LogP contribution in [0.1, 0.15) is 25.8 Å².